The quantitative estimate of drug-likeness (QED) is 0.668. The first-order valence-electron chi connectivity index (χ1n) is 10.2. The van der Waals surface area contributed by atoms with E-state index in [1.807, 2.05) is 32.0 Å². The number of fused-ring (bicyclic) bond motifs is 1. The molecule has 2 aromatic carbocycles. The van der Waals surface area contributed by atoms with E-state index in [1.165, 1.54) is 21.0 Å². The van der Waals surface area contributed by atoms with Crippen LogP contribution >= 0.6 is 0 Å². The van der Waals surface area contributed by atoms with Gasteiger partial charge in [-0.15, -0.1) is 0 Å². The number of benzene rings is 2. The summed E-state index contributed by atoms with van der Waals surface area (Å²) >= 11 is 0. The number of amides is 1. The normalized spacial score (nSPS) is 17.7. The Morgan fingerprint density at radius 1 is 1.19 bits per heavy atom. The van der Waals surface area contributed by atoms with Crippen LogP contribution in [0.3, 0.4) is 0 Å². The molecule has 4 rings (SSSR count). The third-order valence-corrected chi connectivity index (χ3v) is 7.88. The summed E-state index contributed by atoms with van der Waals surface area (Å²) in [5.41, 5.74) is 3.56. The van der Waals surface area contributed by atoms with Crippen molar-refractivity contribution in [2.24, 2.45) is 13.0 Å². The van der Waals surface area contributed by atoms with Crippen molar-refractivity contribution in [3.05, 3.63) is 58.1 Å². The molecular formula is C22H25N3O5S. The second-order valence-electron chi connectivity index (χ2n) is 8.00. The maximum Gasteiger partial charge on any atom is 0.419 e. The summed E-state index contributed by atoms with van der Waals surface area (Å²) in [6, 6.07) is 10.1. The molecule has 0 aliphatic carbocycles. The average molecular weight is 444 g/mol. The van der Waals surface area contributed by atoms with Gasteiger partial charge in [0.05, 0.1) is 16.3 Å². The Labute approximate surface area is 180 Å². The lowest BCUT2D eigenvalue weighted by molar-refractivity contribution is -0.120. The molecule has 1 amide bonds. The molecule has 164 valence electrons. The first-order valence-corrected chi connectivity index (χ1v) is 11.6. The van der Waals surface area contributed by atoms with Gasteiger partial charge in [0.2, 0.25) is 15.9 Å². The first-order chi connectivity index (χ1) is 14.7. The van der Waals surface area contributed by atoms with Gasteiger partial charge in [-0.3, -0.25) is 9.36 Å². The van der Waals surface area contributed by atoms with E-state index in [0.717, 1.165) is 16.8 Å². The topological polar surface area (TPSA) is 102 Å². The number of piperidine rings is 1. The van der Waals surface area contributed by atoms with E-state index < -0.39 is 21.7 Å². The van der Waals surface area contributed by atoms with Crippen LogP contribution in [-0.4, -0.2) is 36.3 Å². The van der Waals surface area contributed by atoms with Gasteiger partial charge in [0, 0.05) is 31.9 Å². The van der Waals surface area contributed by atoms with Crippen molar-refractivity contribution in [3.63, 3.8) is 0 Å². The average Bonchev–Trinajstić information content (AvgIpc) is 3.04. The molecule has 1 N–H and O–H groups in total. The summed E-state index contributed by atoms with van der Waals surface area (Å²) in [5.74, 6) is -1.18. The second-order valence-corrected chi connectivity index (χ2v) is 9.93. The van der Waals surface area contributed by atoms with E-state index in [4.69, 9.17) is 4.42 Å². The van der Waals surface area contributed by atoms with E-state index in [-0.39, 0.29) is 22.9 Å². The van der Waals surface area contributed by atoms with Crippen LogP contribution in [0.25, 0.3) is 11.1 Å². The van der Waals surface area contributed by atoms with Crippen LogP contribution in [0.2, 0.25) is 0 Å². The predicted molar refractivity (Wildman–Crippen MR) is 117 cm³/mol. The molecule has 0 bridgehead atoms. The van der Waals surface area contributed by atoms with Crippen LogP contribution in [0, 0.1) is 19.8 Å². The molecule has 1 atom stereocenters. The van der Waals surface area contributed by atoms with Gasteiger partial charge in [0.1, 0.15) is 0 Å². The van der Waals surface area contributed by atoms with E-state index in [0.29, 0.717) is 24.9 Å². The molecule has 3 aromatic rings. The standard InChI is InChI=1S/C22H25N3O5S/c1-14-6-4-8-18(15(14)2)23-21(26)16-7-5-11-25(13-16)31(28,29)17-9-10-19-20(12-17)30-22(27)24(19)3/h4,6,8-10,12,16H,5,7,11,13H2,1-3H3,(H,23,26)/t16-/m1/s1. The van der Waals surface area contributed by atoms with Crippen molar-refractivity contribution in [2.75, 3.05) is 18.4 Å². The Bertz CT molecular complexity index is 1320. The third kappa shape index (κ3) is 3.90. The number of aryl methyl sites for hydroxylation is 2. The fraction of sp³-hybridized carbons (Fsp3) is 0.364. The number of sulfonamides is 1. The van der Waals surface area contributed by atoms with Crippen LogP contribution in [0.15, 0.2) is 50.5 Å². The molecule has 9 heteroatoms. The zero-order chi connectivity index (χ0) is 22.3. The zero-order valence-electron chi connectivity index (χ0n) is 17.7. The number of anilines is 1. The molecule has 1 aliphatic heterocycles. The Balaban J connectivity index is 1.55. The molecule has 2 heterocycles. The van der Waals surface area contributed by atoms with Gasteiger partial charge < -0.3 is 9.73 Å². The molecule has 1 fully saturated rings. The number of carbonyl (C=O) groups excluding carboxylic acids is 1. The summed E-state index contributed by atoms with van der Waals surface area (Å²) in [4.78, 5) is 24.6. The van der Waals surface area contributed by atoms with Crippen molar-refractivity contribution in [2.45, 2.75) is 31.6 Å². The van der Waals surface area contributed by atoms with E-state index >= 15 is 0 Å². The largest absolute Gasteiger partial charge is 0.419 e. The van der Waals surface area contributed by atoms with Gasteiger partial charge in [-0.2, -0.15) is 4.31 Å². The van der Waals surface area contributed by atoms with Crippen molar-refractivity contribution in [1.82, 2.24) is 8.87 Å². The number of aromatic nitrogens is 1. The van der Waals surface area contributed by atoms with Crippen molar-refractivity contribution in [3.8, 4) is 0 Å². The lowest BCUT2D eigenvalue weighted by Gasteiger charge is -2.31. The number of rotatable bonds is 4. The Morgan fingerprint density at radius 3 is 2.74 bits per heavy atom. The number of hydrogen-bond acceptors (Lipinski definition) is 5. The maximum absolute atomic E-state index is 13.2. The van der Waals surface area contributed by atoms with Crippen LogP contribution in [0.4, 0.5) is 5.69 Å². The van der Waals surface area contributed by atoms with Crippen LogP contribution < -0.4 is 11.1 Å². The van der Waals surface area contributed by atoms with Gasteiger partial charge in [-0.25, -0.2) is 13.2 Å². The molecule has 0 spiro atoms. The highest BCUT2D eigenvalue weighted by molar-refractivity contribution is 7.89. The minimum Gasteiger partial charge on any atom is -0.408 e. The van der Waals surface area contributed by atoms with Gasteiger partial charge in [-0.1, -0.05) is 12.1 Å². The molecule has 1 aromatic heterocycles. The highest BCUT2D eigenvalue weighted by atomic mass is 32.2. The van der Waals surface area contributed by atoms with E-state index in [9.17, 15) is 18.0 Å². The summed E-state index contributed by atoms with van der Waals surface area (Å²) in [6.45, 7) is 4.37. The Hall–Kier alpha value is -2.91. The van der Waals surface area contributed by atoms with Crippen LogP contribution in [0.1, 0.15) is 24.0 Å². The van der Waals surface area contributed by atoms with E-state index in [2.05, 4.69) is 5.32 Å². The fourth-order valence-corrected chi connectivity index (χ4v) is 5.46. The number of carbonyl (C=O) groups is 1. The molecule has 8 nitrogen and oxygen atoms in total. The number of nitrogens with zero attached hydrogens (tertiary/aromatic N) is 2. The number of hydrogen-bond donors (Lipinski definition) is 1. The van der Waals surface area contributed by atoms with Crippen LogP contribution in [0.5, 0.6) is 0 Å². The number of nitrogens with one attached hydrogen (secondary N) is 1. The molecule has 1 saturated heterocycles. The van der Waals surface area contributed by atoms with E-state index in [1.54, 1.807) is 13.1 Å². The van der Waals surface area contributed by atoms with Gasteiger partial charge in [0.25, 0.3) is 0 Å². The van der Waals surface area contributed by atoms with Crippen molar-refractivity contribution < 1.29 is 17.6 Å². The Kier molecular flexibility index (Phi) is 5.49. The van der Waals surface area contributed by atoms with Crippen molar-refractivity contribution >= 4 is 32.7 Å². The summed E-state index contributed by atoms with van der Waals surface area (Å²) in [6.07, 6.45) is 1.21. The fourth-order valence-electron chi connectivity index (χ4n) is 3.92. The minimum absolute atomic E-state index is 0.0462. The second kappa shape index (κ2) is 7.97. The molecule has 0 saturated carbocycles. The summed E-state index contributed by atoms with van der Waals surface area (Å²) < 4.78 is 34.2. The van der Waals surface area contributed by atoms with Gasteiger partial charge in [-0.05, 0) is 56.0 Å². The monoisotopic (exact) mass is 443 g/mol. The third-order valence-electron chi connectivity index (χ3n) is 6.02. The first kappa shape index (κ1) is 21.3. The number of oxazole rings is 1. The summed E-state index contributed by atoms with van der Waals surface area (Å²) in [7, 11) is -2.27. The minimum atomic E-state index is -3.83. The smallest absolute Gasteiger partial charge is 0.408 e. The molecule has 1 aliphatic rings. The van der Waals surface area contributed by atoms with Crippen molar-refractivity contribution in [1.29, 1.82) is 0 Å². The predicted octanol–water partition coefficient (Wildman–Crippen LogP) is 2.79. The zero-order valence-corrected chi connectivity index (χ0v) is 18.5. The lowest BCUT2D eigenvalue weighted by Crippen LogP contribution is -2.43. The van der Waals surface area contributed by atoms with Gasteiger partial charge in [0.15, 0.2) is 5.58 Å². The maximum atomic E-state index is 13.2. The van der Waals surface area contributed by atoms with Crippen LogP contribution in [-0.2, 0) is 21.9 Å². The summed E-state index contributed by atoms with van der Waals surface area (Å²) in [5, 5.41) is 2.95. The highest BCUT2D eigenvalue weighted by Crippen LogP contribution is 2.27. The Morgan fingerprint density at radius 2 is 1.97 bits per heavy atom. The molecule has 0 unspecified atom stereocenters. The van der Waals surface area contributed by atoms with Gasteiger partial charge >= 0.3 is 5.76 Å². The molecular weight excluding hydrogens is 418 g/mol. The molecule has 0 radical (unpaired) electrons. The SMILES string of the molecule is Cc1cccc(NC(=O)[C@@H]2CCCN(S(=O)(=O)c3ccc4c(c3)oc(=O)n4C)C2)c1C. The highest BCUT2D eigenvalue weighted by Gasteiger charge is 2.34. The molecule has 31 heavy (non-hydrogen) atoms. The lowest BCUT2D eigenvalue weighted by atomic mass is 9.98.